The predicted molar refractivity (Wildman–Crippen MR) is 116 cm³/mol. The first-order valence-electron chi connectivity index (χ1n) is 10.4. The van der Waals surface area contributed by atoms with E-state index in [1.807, 2.05) is 43.5 Å². The number of aromatic nitrogens is 1. The number of benzene rings is 1. The molecule has 2 heterocycles. The maximum absolute atomic E-state index is 12.6. The lowest BCUT2D eigenvalue weighted by atomic mass is 9.97. The molecule has 0 bridgehead atoms. The van der Waals surface area contributed by atoms with E-state index >= 15 is 0 Å². The number of amides is 2. The molecule has 1 aromatic carbocycles. The van der Waals surface area contributed by atoms with Crippen LogP contribution in [0.15, 0.2) is 29.6 Å². The molecule has 1 N–H and O–H groups in total. The topological polar surface area (TPSA) is 80.8 Å². The van der Waals surface area contributed by atoms with Crippen LogP contribution in [-0.4, -0.2) is 54.6 Å². The van der Waals surface area contributed by atoms with E-state index in [1.54, 1.807) is 4.90 Å². The summed E-state index contributed by atoms with van der Waals surface area (Å²) in [5, 5.41) is 5.83. The minimum absolute atomic E-state index is 0.0262. The van der Waals surface area contributed by atoms with Crippen LogP contribution in [0.25, 0.3) is 11.3 Å². The van der Waals surface area contributed by atoms with E-state index in [-0.39, 0.29) is 24.3 Å². The van der Waals surface area contributed by atoms with E-state index in [0.29, 0.717) is 32.8 Å². The number of ether oxygens (including phenoxy) is 2. The summed E-state index contributed by atoms with van der Waals surface area (Å²) in [4.78, 5) is 31.1. The first kappa shape index (κ1) is 22.2. The highest BCUT2D eigenvalue weighted by Gasteiger charge is 2.28. The summed E-state index contributed by atoms with van der Waals surface area (Å²) in [7, 11) is 0. The number of rotatable bonds is 9. The Morgan fingerprint density at radius 3 is 2.77 bits per heavy atom. The van der Waals surface area contributed by atoms with Crippen molar-refractivity contribution in [2.24, 2.45) is 5.92 Å². The Morgan fingerprint density at radius 1 is 1.23 bits per heavy atom. The second kappa shape index (κ2) is 11.1. The summed E-state index contributed by atoms with van der Waals surface area (Å²) in [5.74, 6) is 0.580. The normalized spacial score (nSPS) is 16.3. The number of hydrogen-bond acceptors (Lipinski definition) is 6. The molecule has 0 aliphatic carbocycles. The van der Waals surface area contributed by atoms with Crippen molar-refractivity contribution in [1.29, 1.82) is 0 Å². The number of nitrogens with one attached hydrogen (secondary N) is 1. The molecule has 0 radical (unpaired) electrons. The molecule has 30 heavy (non-hydrogen) atoms. The molecular weight excluding hydrogens is 402 g/mol. The zero-order chi connectivity index (χ0) is 21.3. The van der Waals surface area contributed by atoms with Gasteiger partial charge >= 0.3 is 0 Å². The number of piperidine rings is 1. The third-order valence-corrected chi connectivity index (χ3v) is 5.85. The van der Waals surface area contributed by atoms with Gasteiger partial charge in [-0.2, -0.15) is 0 Å². The highest BCUT2D eigenvalue weighted by molar-refractivity contribution is 7.09. The summed E-state index contributed by atoms with van der Waals surface area (Å²) >= 11 is 1.52. The van der Waals surface area contributed by atoms with Gasteiger partial charge in [0.1, 0.15) is 17.4 Å². The lowest BCUT2D eigenvalue weighted by Gasteiger charge is -2.32. The fourth-order valence-corrected chi connectivity index (χ4v) is 4.16. The molecule has 1 saturated heterocycles. The van der Waals surface area contributed by atoms with E-state index in [9.17, 15) is 9.59 Å². The minimum atomic E-state index is -0.185. The molecule has 1 unspecified atom stereocenters. The molecule has 1 atom stereocenters. The maximum Gasteiger partial charge on any atom is 0.248 e. The standard InChI is InChI=1S/C22H29N3O4S/c1-3-28-14-21(26)25-11-5-6-17(13-25)22(27)23-12-20-24-19(15-30-20)16-7-9-18(10-8-16)29-4-2/h7-10,15,17H,3-6,11-14H2,1-2H3,(H,23,27). The van der Waals surface area contributed by atoms with Gasteiger partial charge in [-0.25, -0.2) is 4.98 Å². The van der Waals surface area contributed by atoms with Crippen LogP contribution >= 0.6 is 11.3 Å². The van der Waals surface area contributed by atoms with Crippen LogP contribution in [0, 0.1) is 5.92 Å². The summed E-state index contributed by atoms with van der Waals surface area (Å²) in [5.41, 5.74) is 1.90. The van der Waals surface area contributed by atoms with Gasteiger partial charge in [0.25, 0.3) is 0 Å². The maximum atomic E-state index is 12.6. The van der Waals surface area contributed by atoms with Gasteiger partial charge in [-0.3, -0.25) is 9.59 Å². The van der Waals surface area contributed by atoms with Gasteiger partial charge in [0.2, 0.25) is 11.8 Å². The lowest BCUT2D eigenvalue weighted by molar-refractivity contribution is -0.139. The first-order chi connectivity index (χ1) is 14.6. The van der Waals surface area contributed by atoms with Gasteiger partial charge in [0.15, 0.2) is 0 Å². The smallest absolute Gasteiger partial charge is 0.248 e. The Labute approximate surface area is 181 Å². The minimum Gasteiger partial charge on any atom is -0.494 e. The molecule has 162 valence electrons. The fraction of sp³-hybridized carbons (Fsp3) is 0.500. The second-order valence-corrected chi connectivity index (χ2v) is 8.06. The zero-order valence-electron chi connectivity index (χ0n) is 17.6. The van der Waals surface area contributed by atoms with E-state index in [1.165, 1.54) is 11.3 Å². The van der Waals surface area contributed by atoms with Crippen LogP contribution < -0.4 is 10.1 Å². The third kappa shape index (κ3) is 6.03. The fourth-order valence-electron chi connectivity index (χ4n) is 3.42. The molecule has 1 aliphatic heterocycles. The molecule has 2 amide bonds. The number of hydrogen-bond donors (Lipinski definition) is 1. The Bertz CT molecular complexity index is 837. The van der Waals surface area contributed by atoms with Crippen molar-refractivity contribution < 1.29 is 19.1 Å². The second-order valence-electron chi connectivity index (χ2n) is 7.12. The summed E-state index contributed by atoms with van der Waals surface area (Å²) < 4.78 is 10.7. The van der Waals surface area contributed by atoms with Crippen molar-refractivity contribution in [1.82, 2.24) is 15.2 Å². The Balaban J connectivity index is 1.50. The Hall–Kier alpha value is -2.45. The van der Waals surface area contributed by atoms with Gasteiger partial charge in [0, 0.05) is 30.6 Å². The van der Waals surface area contributed by atoms with E-state index < -0.39 is 0 Å². The van der Waals surface area contributed by atoms with Gasteiger partial charge < -0.3 is 19.7 Å². The molecule has 0 spiro atoms. The van der Waals surface area contributed by atoms with Gasteiger partial charge in [-0.15, -0.1) is 11.3 Å². The molecule has 8 heteroatoms. The van der Waals surface area contributed by atoms with E-state index in [0.717, 1.165) is 34.9 Å². The number of nitrogens with zero attached hydrogens (tertiary/aromatic N) is 2. The third-order valence-electron chi connectivity index (χ3n) is 5.00. The van der Waals surface area contributed by atoms with Crippen molar-refractivity contribution in [3.63, 3.8) is 0 Å². The largest absolute Gasteiger partial charge is 0.494 e. The molecule has 2 aromatic rings. The van der Waals surface area contributed by atoms with Crippen LogP contribution in [0.2, 0.25) is 0 Å². The molecule has 1 aliphatic rings. The Morgan fingerprint density at radius 2 is 2.03 bits per heavy atom. The summed E-state index contributed by atoms with van der Waals surface area (Å²) in [6, 6.07) is 7.83. The van der Waals surface area contributed by atoms with Crippen LogP contribution in [0.5, 0.6) is 5.75 Å². The first-order valence-corrected chi connectivity index (χ1v) is 11.3. The lowest BCUT2D eigenvalue weighted by Crippen LogP contribution is -2.46. The number of carbonyl (C=O) groups excluding carboxylic acids is 2. The predicted octanol–water partition coefficient (Wildman–Crippen LogP) is 3.10. The molecule has 0 saturated carbocycles. The highest BCUT2D eigenvalue weighted by Crippen LogP contribution is 2.24. The van der Waals surface area contributed by atoms with Gasteiger partial charge in [0.05, 0.1) is 24.8 Å². The number of thiazole rings is 1. The summed E-state index contributed by atoms with van der Waals surface area (Å²) in [6.45, 7) is 6.58. The van der Waals surface area contributed by atoms with Crippen LogP contribution in [0.1, 0.15) is 31.7 Å². The SMILES string of the molecule is CCOCC(=O)N1CCCC(C(=O)NCc2nc(-c3ccc(OCC)cc3)cs2)C1. The van der Waals surface area contributed by atoms with Crippen LogP contribution in [0.4, 0.5) is 0 Å². The summed E-state index contributed by atoms with van der Waals surface area (Å²) in [6.07, 6.45) is 1.62. The molecule has 1 aromatic heterocycles. The monoisotopic (exact) mass is 431 g/mol. The highest BCUT2D eigenvalue weighted by atomic mass is 32.1. The van der Waals surface area contributed by atoms with Crippen molar-refractivity contribution in [3.05, 3.63) is 34.7 Å². The quantitative estimate of drug-likeness (QED) is 0.660. The van der Waals surface area contributed by atoms with Gasteiger partial charge in [-0.05, 0) is 51.0 Å². The van der Waals surface area contributed by atoms with Crippen LogP contribution in [-0.2, 0) is 20.9 Å². The molecule has 3 rings (SSSR count). The number of carbonyl (C=O) groups is 2. The average molecular weight is 432 g/mol. The van der Waals surface area contributed by atoms with Crippen molar-refractivity contribution in [3.8, 4) is 17.0 Å². The van der Waals surface area contributed by atoms with E-state index in [4.69, 9.17) is 9.47 Å². The molecular formula is C22H29N3O4S. The van der Waals surface area contributed by atoms with E-state index in [2.05, 4.69) is 10.3 Å². The molecule has 7 nitrogen and oxygen atoms in total. The average Bonchev–Trinajstić information content (AvgIpc) is 3.25. The number of likely N-dealkylation sites (tertiary alicyclic amines) is 1. The van der Waals surface area contributed by atoms with Crippen molar-refractivity contribution in [2.75, 3.05) is 32.9 Å². The Kier molecular flexibility index (Phi) is 8.21. The van der Waals surface area contributed by atoms with Gasteiger partial charge in [-0.1, -0.05) is 0 Å². The van der Waals surface area contributed by atoms with Crippen LogP contribution in [0.3, 0.4) is 0 Å². The zero-order valence-corrected chi connectivity index (χ0v) is 18.4. The van der Waals surface area contributed by atoms with Crippen molar-refractivity contribution >= 4 is 23.2 Å². The molecule has 1 fully saturated rings. The van der Waals surface area contributed by atoms with Crippen molar-refractivity contribution in [2.45, 2.75) is 33.2 Å².